The average molecular weight is 1020 g/mol. The predicted molar refractivity (Wildman–Crippen MR) is 316 cm³/mol. The van der Waals surface area contributed by atoms with E-state index in [-0.39, 0.29) is 37.5 Å². The Bertz CT molecular complexity index is 1310. The third-order valence-electron chi connectivity index (χ3n) is 14.0. The molecule has 0 heterocycles. The smallest absolute Gasteiger partial charge is 0.306 e. The highest BCUT2D eigenvalue weighted by atomic mass is 16.6. The van der Waals surface area contributed by atoms with Gasteiger partial charge in [-0.25, -0.2) is 0 Å². The van der Waals surface area contributed by atoms with Crippen LogP contribution in [0, 0.1) is 0 Å². The summed E-state index contributed by atoms with van der Waals surface area (Å²) in [5.74, 6) is -0.972. The molecule has 1 atom stereocenters. The third kappa shape index (κ3) is 59.9. The molecule has 0 aliphatic rings. The normalized spacial score (nSPS) is 12.4. The fourth-order valence-corrected chi connectivity index (χ4v) is 9.28. The molecule has 0 saturated heterocycles. The summed E-state index contributed by atoms with van der Waals surface area (Å²) in [6, 6.07) is 0. The molecule has 6 heteroatoms. The number of unbranched alkanes of at least 4 members (excludes halogenated alkanes) is 37. The minimum absolute atomic E-state index is 0.0990. The van der Waals surface area contributed by atoms with Gasteiger partial charge in [-0.15, -0.1) is 0 Å². The number of ether oxygens (including phenoxy) is 3. The Balaban J connectivity index is 4.02. The van der Waals surface area contributed by atoms with Crippen molar-refractivity contribution in [2.75, 3.05) is 13.2 Å². The molecule has 0 bridgehead atoms. The molecule has 0 saturated carbocycles. The second-order valence-electron chi connectivity index (χ2n) is 21.3. The van der Waals surface area contributed by atoms with Crippen LogP contribution in [0.25, 0.3) is 0 Å². The largest absolute Gasteiger partial charge is 0.462 e. The molecule has 0 N–H and O–H groups in total. The Morgan fingerprint density at radius 3 is 0.890 bits per heavy atom. The first-order valence-electron chi connectivity index (χ1n) is 31.8. The van der Waals surface area contributed by atoms with Gasteiger partial charge >= 0.3 is 17.9 Å². The Labute approximate surface area is 453 Å². The monoisotopic (exact) mass is 1020 g/mol. The third-order valence-corrected chi connectivity index (χ3v) is 14.0. The first-order valence-corrected chi connectivity index (χ1v) is 31.8. The van der Waals surface area contributed by atoms with Gasteiger partial charge in [-0.2, -0.15) is 0 Å². The van der Waals surface area contributed by atoms with Gasteiger partial charge < -0.3 is 14.2 Å². The van der Waals surface area contributed by atoms with Crippen molar-refractivity contribution >= 4 is 17.9 Å². The van der Waals surface area contributed by atoms with Crippen LogP contribution >= 0.6 is 0 Å². The fourth-order valence-electron chi connectivity index (χ4n) is 9.28. The van der Waals surface area contributed by atoms with Crippen LogP contribution in [0.15, 0.2) is 60.8 Å². The van der Waals surface area contributed by atoms with Crippen molar-refractivity contribution in [2.45, 2.75) is 335 Å². The van der Waals surface area contributed by atoms with Crippen LogP contribution in [0.2, 0.25) is 0 Å². The zero-order chi connectivity index (χ0) is 52.9. The maximum absolute atomic E-state index is 12.8. The summed E-state index contributed by atoms with van der Waals surface area (Å²) in [6.07, 6.45) is 78.6. The molecule has 0 aromatic rings. The molecule has 0 rings (SSSR count). The summed E-state index contributed by atoms with van der Waals surface area (Å²) in [5, 5.41) is 0. The van der Waals surface area contributed by atoms with Crippen molar-refractivity contribution in [1.82, 2.24) is 0 Å². The molecular weight excluding hydrogens is 901 g/mol. The maximum Gasteiger partial charge on any atom is 0.306 e. The van der Waals surface area contributed by atoms with Crippen LogP contribution in [0.1, 0.15) is 329 Å². The molecule has 0 fully saturated rings. The number of allylic oxidation sites excluding steroid dienone is 10. The quantitative estimate of drug-likeness (QED) is 0.0261. The Morgan fingerprint density at radius 1 is 0.288 bits per heavy atom. The molecule has 6 nitrogen and oxygen atoms in total. The molecule has 0 radical (unpaired) electrons. The number of rotatable bonds is 58. The van der Waals surface area contributed by atoms with E-state index in [4.69, 9.17) is 14.2 Å². The molecule has 73 heavy (non-hydrogen) atoms. The van der Waals surface area contributed by atoms with Gasteiger partial charge in [-0.05, 0) is 70.6 Å². The second-order valence-corrected chi connectivity index (χ2v) is 21.3. The van der Waals surface area contributed by atoms with Crippen LogP contribution in [0.5, 0.6) is 0 Å². The van der Waals surface area contributed by atoms with Crippen LogP contribution in [-0.4, -0.2) is 37.2 Å². The molecule has 0 aliphatic carbocycles. The van der Waals surface area contributed by atoms with E-state index < -0.39 is 6.10 Å². The van der Waals surface area contributed by atoms with E-state index in [1.54, 1.807) is 0 Å². The van der Waals surface area contributed by atoms with Gasteiger partial charge in [0, 0.05) is 19.3 Å². The highest BCUT2D eigenvalue weighted by Crippen LogP contribution is 2.17. The first-order chi connectivity index (χ1) is 36.0. The Morgan fingerprint density at radius 2 is 0.562 bits per heavy atom. The van der Waals surface area contributed by atoms with E-state index in [0.717, 1.165) is 64.2 Å². The fraction of sp³-hybridized carbons (Fsp3) is 0.806. The topological polar surface area (TPSA) is 78.9 Å². The van der Waals surface area contributed by atoms with Crippen molar-refractivity contribution in [2.24, 2.45) is 0 Å². The van der Waals surface area contributed by atoms with Crippen molar-refractivity contribution < 1.29 is 28.6 Å². The number of esters is 3. The zero-order valence-electron chi connectivity index (χ0n) is 48.7. The molecule has 0 amide bonds. The zero-order valence-corrected chi connectivity index (χ0v) is 48.7. The maximum atomic E-state index is 12.8. The lowest BCUT2D eigenvalue weighted by molar-refractivity contribution is -0.166. The van der Waals surface area contributed by atoms with E-state index in [1.807, 2.05) is 6.08 Å². The predicted octanol–water partition coefficient (Wildman–Crippen LogP) is 21.6. The average Bonchev–Trinajstić information content (AvgIpc) is 3.39. The van der Waals surface area contributed by atoms with Gasteiger partial charge in [0.2, 0.25) is 0 Å². The lowest BCUT2D eigenvalue weighted by atomic mass is 10.0. The molecule has 1 unspecified atom stereocenters. The molecule has 424 valence electrons. The van der Waals surface area contributed by atoms with E-state index in [1.165, 1.54) is 218 Å². The van der Waals surface area contributed by atoms with E-state index >= 15 is 0 Å². The lowest BCUT2D eigenvalue weighted by Gasteiger charge is -2.18. The van der Waals surface area contributed by atoms with Gasteiger partial charge in [0.05, 0.1) is 0 Å². The van der Waals surface area contributed by atoms with Crippen molar-refractivity contribution in [1.29, 1.82) is 0 Å². The van der Waals surface area contributed by atoms with Crippen molar-refractivity contribution in [3.63, 3.8) is 0 Å². The van der Waals surface area contributed by atoms with Crippen molar-refractivity contribution in [3.05, 3.63) is 60.8 Å². The van der Waals surface area contributed by atoms with Crippen LogP contribution < -0.4 is 0 Å². The number of hydrogen-bond donors (Lipinski definition) is 0. The summed E-state index contributed by atoms with van der Waals surface area (Å²) >= 11 is 0. The molecular formula is C67H120O6. The minimum Gasteiger partial charge on any atom is -0.462 e. The summed E-state index contributed by atoms with van der Waals surface area (Å²) in [4.78, 5) is 38.0. The standard InChI is InChI=1S/C67H120O6/c1-4-7-10-13-16-19-21-23-24-25-26-27-28-29-30-31-32-33-34-35-36-37-38-39-40-41-42-44-45-48-51-54-57-60-66(69)72-63-64(62-71-65(68)59-56-53-50-47-18-15-12-9-6-3)73-67(70)61-58-55-52-49-46-43-22-20-17-14-11-8-5-2/h8,11,17,20,25-26,43,46,52,55,64H,4-7,9-10,12-16,18-19,21-24,27-42,44-45,47-51,53-54,56-63H2,1-3H3/b11-8-,20-17-,26-25-,46-43-,55-52-. The van der Waals surface area contributed by atoms with Gasteiger partial charge in [0.1, 0.15) is 13.2 Å². The molecule has 0 aromatic carbocycles. The number of hydrogen-bond acceptors (Lipinski definition) is 6. The van der Waals surface area contributed by atoms with Crippen LogP contribution in [-0.2, 0) is 28.6 Å². The number of carbonyl (C=O) groups is 3. The lowest BCUT2D eigenvalue weighted by Crippen LogP contribution is -2.30. The van der Waals surface area contributed by atoms with E-state index in [9.17, 15) is 14.4 Å². The first kappa shape index (κ1) is 70.1. The highest BCUT2D eigenvalue weighted by Gasteiger charge is 2.19. The number of carbonyl (C=O) groups excluding carboxylic acids is 3. The molecule has 0 aliphatic heterocycles. The molecule has 0 aromatic heterocycles. The van der Waals surface area contributed by atoms with Crippen LogP contribution in [0.3, 0.4) is 0 Å². The van der Waals surface area contributed by atoms with Gasteiger partial charge in [0.15, 0.2) is 6.10 Å². The highest BCUT2D eigenvalue weighted by molar-refractivity contribution is 5.71. The summed E-state index contributed by atoms with van der Waals surface area (Å²) < 4.78 is 16.7. The van der Waals surface area contributed by atoms with Crippen molar-refractivity contribution in [3.8, 4) is 0 Å². The summed E-state index contributed by atoms with van der Waals surface area (Å²) in [7, 11) is 0. The van der Waals surface area contributed by atoms with E-state index in [2.05, 4.69) is 75.5 Å². The van der Waals surface area contributed by atoms with E-state index in [0.29, 0.717) is 19.3 Å². The molecule has 0 spiro atoms. The Kier molecular flexibility index (Phi) is 59.2. The van der Waals surface area contributed by atoms with Crippen LogP contribution in [0.4, 0.5) is 0 Å². The summed E-state index contributed by atoms with van der Waals surface area (Å²) in [5.41, 5.74) is 0. The SMILES string of the molecule is CC/C=C\C/C=C\C/C=C\C/C=C\CCC(=O)OC(COC(=O)CCCCCCCCCCC)COC(=O)CCCCCCCCCCCCCCCCCCCCCCC/C=C\CCCCCCCCCC. The second kappa shape index (κ2) is 61.7. The van der Waals surface area contributed by atoms with Gasteiger partial charge in [-0.3, -0.25) is 14.4 Å². The van der Waals surface area contributed by atoms with Gasteiger partial charge in [-0.1, -0.05) is 300 Å². The Hall–Kier alpha value is -2.89. The van der Waals surface area contributed by atoms with Gasteiger partial charge in [0.25, 0.3) is 0 Å². The summed E-state index contributed by atoms with van der Waals surface area (Å²) in [6.45, 7) is 6.47. The minimum atomic E-state index is -0.808.